The molecule has 3 rings (SSSR count). The van der Waals surface area contributed by atoms with E-state index < -0.39 is 0 Å². The van der Waals surface area contributed by atoms with Gasteiger partial charge in [-0.2, -0.15) is 0 Å². The summed E-state index contributed by atoms with van der Waals surface area (Å²) in [5.74, 6) is 0. The molecule has 2 aromatic rings. The average Bonchev–Trinajstić information content (AvgIpc) is 3.09. The first-order chi connectivity index (χ1) is 9.31. The molecule has 0 radical (unpaired) electrons. The molecule has 0 bridgehead atoms. The minimum Gasteiger partial charge on any atom is -0.362 e. The summed E-state index contributed by atoms with van der Waals surface area (Å²) in [5.41, 5.74) is 9.23. The number of hydrogen-bond acceptors (Lipinski definition) is 3. The van der Waals surface area contributed by atoms with Gasteiger partial charge in [0.25, 0.3) is 0 Å². The van der Waals surface area contributed by atoms with Crippen LogP contribution in [0.2, 0.25) is 0 Å². The molecular weight excluding hydrogens is 252 g/mol. The summed E-state index contributed by atoms with van der Waals surface area (Å²) in [6.45, 7) is 3.25. The first-order valence-corrected chi connectivity index (χ1v) is 7.82. The summed E-state index contributed by atoms with van der Waals surface area (Å²) in [7, 11) is 0. The number of rotatable bonds is 4. The van der Waals surface area contributed by atoms with Gasteiger partial charge in [-0.1, -0.05) is 31.2 Å². The maximum absolute atomic E-state index is 6.41. The Hall–Kier alpha value is -1.32. The molecule has 1 aromatic carbocycles. The van der Waals surface area contributed by atoms with Gasteiger partial charge in [0.05, 0.1) is 6.04 Å². The number of benzene rings is 1. The lowest BCUT2D eigenvalue weighted by Gasteiger charge is -2.33. The van der Waals surface area contributed by atoms with E-state index in [0.717, 1.165) is 19.4 Å². The van der Waals surface area contributed by atoms with Crippen molar-refractivity contribution in [3.63, 3.8) is 0 Å². The molecule has 2 unspecified atom stereocenters. The molecule has 2 atom stereocenters. The van der Waals surface area contributed by atoms with Crippen molar-refractivity contribution in [2.45, 2.75) is 31.8 Å². The zero-order valence-corrected chi connectivity index (χ0v) is 12.1. The highest BCUT2D eigenvalue weighted by Crippen LogP contribution is 2.38. The Balaban J connectivity index is 1.98. The Morgan fingerprint density at radius 2 is 2.11 bits per heavy atom. The van der Waals surface area contributed by atoms with Gasteiger partial charge in [0.1, 0.15) is 0 Å². The van der Waals surface area contributed by atoms with Crippen LogP contribution in [0.5, 0.6) is 0 Å². The van der Waals surface area contributed by atoms with Crippen molar-refractivity contribution in [2.75, 3.05) is 11.4 Å². The highest BCUT2D eigenvalue weighted by atomic mass is 32.1. The number of anilines is 1. The molecular formula is C16H20N2S. The van der Waals surface area contributed by atoms with E-state index >= 15 is 0 Å². The van der Waals surface area contributed by atoms with Crippen molar-refractivity contribution < 1.29 is 0 Å². The van der Waals surface area contributed by atoms with Crippen molar-refractivity contribution in [3.05, 3.63) is 52.2 Å². The highest BCUT2D eigenvalue weighted by Gasteiger charge is 2.30. The van der Waals surface area contributed by atoms with Crippen LogP contribution >= 0.6 is 11.3 Å². The minimum atomic E-state index is 0.185. The topological polar surface area (TPSA) is 29.3 Å². The van der Waals surface area contributed by atoms with Crippen LogP contribution < -0.4 is 10.6 Å². The predicted octanol–water partition coefficient (Wildman–Crippen LogP) is 3.59. The number of hydrogen-bond donors (Lipinski definition) is 1. The van der Waals surface area contributed by atoms with Gasteiger partial charge in [-0.15, -0.1) is 11.3 Å². The smallest absolute Gasteiger partial charge is 0.0785 e. The minimum absolute atomic E-state index is 0.185. The second-order valence-corrected chi connectivity index (χ2v) is 6.08. The molecule has 2 N–H and O–H groups in total. The first-order valence-electron chi connectivity index (χ1n) is 6.94. The third-order valence-corrected chi connectivity index (χ3v) is 4.91. The monoisotopic (exact) mass is 272 g/mol. The normalized spacial score (nSPS) is 17.3. The van der Waals surface area contributed by atoms with Crippen molar-refractivity contribution >= 4 is 17.0 Å². The molecule has 1 aliphatic heterocycles. The van der Waals surface area contributed by atoms with E-state index in [-0.39, 0.29) is 6.04 Å². The molecule has 100 valence electrons. The van der Waals surface area contributed by atoms with Gasteiger partial charge in [0.2, 0.25) is 0 Å². The van der Waals surface area contributed by atoms with Crippen LogP contribution in [0.15, 0.2) is 41.8 Å². The zero-order chi connectivity index (χ0) is 13.2. The van der Waals surface area contributed by atoms with Crippen LogP contribution in [-0.4, -0.2) is 12.6 Å². The molecule has 3 heteroatoms. The van der Waals surface area contributed by atoms with Gasteiger partial charge in [0.15, 0.2) is 0 Å². The number of nitrogens with zero attached hydrogens (tertiary/aromatic N) is 1. The maximum Gasteiger partial charge on any atom is 0.0785 e. The molecule has 1 aliphatic rings. The zero-order valence-electron chi connectivity index (χ0n) is 11.3. The van der Waals surface area contributed by atoms with E-state index in [0.29, 0.717) is 6.04 Å². The fraction of sp³-hybridized carbons (Fsp3) is 0.375. The Kier molecular flexibility index (Phi) is 3.58. The Labute approximate surface area is 118 Å². The summed E-state index contributed by atoms with van der Waals surface area (Å²) in [6, 6.07) is 13.5. The van der Waals surface area contributed by atoms with Crippen molar-refractivity contribution in [1.82, 2.24) is 0 Å². The van der Waals surface area contributed by atoms with Gasteiger partial charge >= 0.3 is 0 Å². The molecule has 0 aliphatic carbocycles. The van der Waals surface area contributed by atoms with E-state index in [1.807, 2.05) is 11.3 Å². The third-order valence-electron chi connectivity index (χ3n) is 3.97. The molecule has 0 spiro atoms. The van der Waals surface area contributed by atoms with Crippen molar-refractivity contribution in [2.24, 2.45) is 5.73 Å². The predicted molar refractivity (Wildman–Crippen MR) is 82.8 cm³/mol. The lowest BCUT2D eigenvalue weighted by atomic mass is 10.0. The third kappa shape index (κ3) is 2.28. The van der Waals surface area contributed by atoms with Crippen LogP contribution in [0.4, 0.5) is 5.69 Å². The molecule has 2 heterocycles. The number of nitrogens with two attached hydrogens (primary N) is 1. The number of para-hydroxylation sites is 1. The fourth-order valence-corrected chi connectivity index (χ4v) is 3.84. The average molecular weight is 272 g/mol. The van der Waals surface area contributed by atoms with E-state index in [4.69, 9.17) is 5.73 Å². The molecule has 2 nitrogen and oxygen atoms in total. The number of thiophene rings is 1. The van der Waals surface area contributed by atoms with Crippen LogP contribution in [0, 0.1) is 0 Å². The van der Waals surface area contributed by atoms with E-state index in [9.17, 15) is 0 Å². The molecule has 0 amide bonds. The fourth-order valence-electron chi connectivity index (χ4n) is 2.93. The quantitative estimate of drug-likeness (QED) is 0.921. The Morgan fingerprint density at radius 1 is 1.26 bits per heavy atom. The van der Waals surface area contributed by atoms with E-state index in [1.165, 1.54) is 16.1 Å². The lowest BCUT2D eigenvalue weighted by Crippen LogP contribution is -2.39. The molecule has 1 aromatic heterocycles. The lowest BCUT2D eigenvalue weighted by molar-refractivity contribution is 0.504. The molecule has 0 fully saturated rings. The van der Waals surface area contributed by atoms with Crippen molar-refractivity contribution in [3.8, 4) is 0 Å². The standard InChI is InChI=1S/C16H20N2S/c1-2-13(17)16(15-8-5-11-19-15)18-10-9-12-6-3-4-7-14(12)18/h3-8,11,13,16H,2,9-10,17H2,1H3. The van der Waals surface area contributed by atoms with Crippen LogP contribution in [-0.2, 0) is 6.42 Å². The van der Waals surface area contributed by atoms with Crippen molar-refractivity contribution in [1.29, 1.82) is 0 Å². The summed E-state index contributed by atoms with van der Waals surface area (Å²) < 4.78 is 0. The van der Waals surface area contributed by atoms with Crippen LogP contribution in [0.25, 0.3) is 0 Å². The summed E-state index contributed by atoms with van der Waals surface area (Å²) in [4.78, 5) is 3.88. The highest BCUT2D eigenvalue weighted by molar-refractivity contribution is 7.10. The largest absolute Gasteiger partial charge is 0.362 e. The summed E-state index contributed by atoms with van der Waals surface area (Å²) >= 11 is 1.81. The van der Waals surface area contributed by atoms with Gasteiger partial charge in [-0.05, 0) is 35.9 Å². The summed E-state index contributed by atoms with van der Waals surface area (Å²) in [6.07, 6.45) is 2.13. The Morgan fingerprint density at radius 3 is 2.84 bits per heavy atom. The van der Waals surface area contributed by atoms with Gasteiger partial charge in [-0.25, -0.2) is 0 Å². The molecule has 19 heavy (non-hydrogen) atoms. The maximum atomic E-state index is 6.41. The number of fused-ring (bicyclic) bond motifs is 1. The summed E-state index contributed by atoms with van der Waals surface area (Å²) in [5, 5.41) is 2.15. The van der Waals surface area contributed by atoms with Gasteiger partial charge in [-0.3, -0.25) is 0 Å². The second-order valence-electron chi connectivity index (χ2n) is 5.10. The van der Waals surface area contributed by atoms with E-state index in [1.54, 1.807) is 0 Å². The van der Waals surface area contributed by atoms with Gasteiger partial charge < -0.3 is 10.6 Å². The molecule has 0 saturated carbocycles. The van der Waals surface area contributed by atoms with Crippen LogP contribution in [0.3, 0.4) is 0 Å². The van der Waals surface area contributed by atoms with Crippen LogP contribution in [0.1, 0.15) is 29.8 Å². The van der Waals surface area contributed by atoms with E-state index in [2.05, 4.69) is 53.6 Å². The second kappa shape index (κ2) is 5.35. The SMILES string of the molecule is CCC(N)C(c1cccs1)N1CCc2ccccc21. The molecule has 0 saturated heterocycles. The Bertz CT molecular complexity index is 535. The van der Waals surface area contributed by atoms with Gasteiger partial charge in [0, 0.05) is 23.2 Å². The first kappa shape index (κ1) is 12.7.